The number of aliphatic hydroxyl groups is 1. The van der Waals surface area contributed by atoms with E-state index in [4.69, 9.17) is 0 Å². The van der Waals surface area contributed by atoms with Gasteiger partial charge in [0.05, 0.1) is 6.10 Å². The van der Waals surface area contributed by atoms with E-state index in [0.717, 1.165) is 5.56 Å². The molecule has 3 rings (SSSR count). The van der Waals surface area contributed by atoms with E-state index in [1.807, 2.05) is 6.07 Å². The number of halogens is 1. The summed E-state index contributed by atoms with van der Waals surface area (Å²) in [4.78, 5) is 26.0. The molecule has 0 spiro atoms. The molecule has 2 heterocycles. The van der Waals surface area contributed by atoms with E-state index in [0.29, 0.717) is 19.5 Å². The molecule has 23 heavy (non-hydrogen) atoms. The lowest BCUT2D eigenvalue weighted by molar-refractivity contribution is -0.149. The number of hydrogen-bond acceptors (Lipinski definition) is 4. The third-order valence-corrected chi connectivity index (χ3v) is 4.42. The van der Waals surface area contributed by atoms with Crippen molar-refractivity contribution in [2.24, 2.45) is 0 Å². The van der Waals surface area contributed by atoms with E-state index >= 15 is 0 Å². The largest absolute Gasteiger partial charge is 0.391 e. The lowest BCUT2D eigenvalue weighted by atomic mass is 10.0. The van der Waals surface area contributed by atoms with Gasteiger partial charge < -0.3 is 20.6 Å². The Balaban J connectivity index is 1.63. The maximum atomic E-state index is 13.2. The highest BCUT2D eigenvalue weighted by molar-refractivity contribution is 5.97. The second-order valence-electron chi connectivity index (χ2n) is 6.18. The number of nitrogens with one attached hydrogen (secondary N) is 2. The maximum absolute atomic E-state index is 13.2. The average molecular weight is 321 g/mol. The van der Waals surface area contributed by atoms with Crippen LogP contribution in [0.3, 0.4) is 0 Å². The first-order valence-corrected chi connectivity index (χ1v) is 7.72. The minimum atomic E-state index is -0.924. The second-order valence-corrected chi connectivity index (χ2v) is 6.18. The third kappa shape index (κ3) is 3.20. The molecule has 0 saturated carbocycles. The molecule has 0 bridgehead atoms. The van der Waals surface area contributed by atoms with Crippen LogP contribution < -0.4 is 10.6 Å². The van der Waals surface area contributed by atoms with Gasteiger partial charge in [-0.15, -0.1) is 0 Å². The van der Waals surface area contributed by atoms with Crippen molar-refractivity contribution in [1.82, 2.24) is 15.5 Å². The average Bonchev–Trinajstić information content (AvgIpc) is 2.94. The summed E-state index contributed by atoms with van der Waals surface area (Å²) in [5.41, 5.74) is 0.813. The van der Waals surface area contributed by atoms with Gasteiger partial charge in [0.25, 0.3) is 0 Å². The highest BCUT2D eigenvalue weighted by atomic mass is 19.1. The van der Waals surface area contributed by atoms with Gasteiger partial charge in [0.2, 0.25) is 11.8 Å². The van der Waals surface area contributed by atoms with Gasteiger partial charge in [-0.05, 0) is 31.0 Å². The van der Waals surface area contributed by atoms with Crippen LogP contribution in [-0.2, 0) is 16.1 Å². The molecule has 2 aliphatic heterocycles. The Kier molecular flexibility index (Phi) is 4.32. The number of carbonyl (C=O) groups is 2. The number of fused-ring (bicyclic) bond motifs is 1. The summed E-state index contributed by atoms with van der Waals surface area (Å²) in [6, 6.07) is 4.90. The number of piperazine rings is 1. The molecule has 4 atom stereocenters. The monoisotopic (exact) mass is 321 g/mol. The normalized spacial score (nSPS) is 28.5. The Hall–Kier alpha value is -1.99. The molecule has 1 aromatic carbocycles. The van der Waals surface area contributed by atoms with Crippen LogP contribution in [0, 0.1) is 5.82 Å². The molecule has 3 N–H and O–H groups in total. The SMILES string of the molecule is C[C@H](O)[C@H]1NC(=O)[C@@H]2C[C@H](NCc3cccc(F)c3)CN2C1=O. The maximum Gasteiger partial charge on any atom is 0.248 e. The first-order chi connectivity index (χ1) is 11.0. The Morgan fingerprint density at radius 2 is 2.26 bits per heavy atom. The molecule has 7 heteroatoms. The fourth-order valence-corrected chi connectivity index (χ4v) is 3.20. The van der Waals surface area contributed by atoms with Crippen molar-refractivity contribution in [3.63, 3.8) is 0 Å². The Labute approximate surface area is 133 Å². The van der Waals surface area contributed by atoms with E-state index in [-0.39, 0.29) is 23.7 Å². The molecule has 2 saturated heterocycles. The Bertz CT molecular complexity index is 622. The number of aliphatic hydroxyl groups excluding tert-OH is 1. The van der Waals surface area contributed by atoms with Crippen LogP contribution in [0.25, 0.3) is 0 Å². The van der Waals surface area contributed by atoms with Crippen LogP contribution in [0.2, 0.25) is 0 Å². The van der Waals surface area contributed by atoms with Crippen molar-refractivity contribution < 1.29 is 19.1 Å². The summed E-state index contributed by atoms with van der Waals surface area (Å²) in [6.07, 6.45) is -0.411. The van der Waals surface area contributed by atoms with Gasteiger partial charge in [-0.2, -0.15) is 0 Å². The van der Waals surface area contributed by atoms with Crippen LogP contribution >= 0.6 is 0 Å². The molecule has 0 unspecified atom stereocenters. The molecule has 1 aromatic rings. The Morgan fingerprint density at radius 1 is 1.48 bits per heavy atom. The smallest absolute Gasteiger partial charge is 0.248 e. The first-order valence-electron chi connectivity index (χ1n) is 7.72. The molecule has 0 radical (unpaired) electrons. The highest BCUT2D eigenvalue weighted by Gasteiger charge is 2.47. The molecular formula is C16H20FN3O3. The minimum absolute atomic E-state index is 0.0364. The van der Waals surface area contributed by atoms with Crippen LogP contribution in [0.4, 0.5) is 4.39 Å². The van der Waals surface area contributed by atoms with E-state index < -0.39 is 18.2 Å². The van der Waals surface area contributed by atoms with Gasteiger partial charge in [-0.1, -0.05) is 12.1 Å². The molecule has 0 aromatic heterocycles. The lowest BCUT2D eigenvalue weighted by Crippen LogP contribution is -2.64. The molecule has 2 amide bonds. The van der Waals surface area contributed by atoms with E-state index in [1.165, 1.54) is 24.0 Å². The lowest BCUT2D eigenvalue weighted by Gasteiger charge is -2.35. The molecular weight excluding hydrogens is 301 g/mol. The number of rotatable bonds is 4. The van der Waals surface area contributed by atoms with Crippen LogP contribution in [0.5, 0.6) is 0 Å². The predicted molar refractivity (Wildman–Crippen MR) is 80.8 cm³/mol. The molecule has 0 aliphatic carbocycles. The van der Waals surface area contributed by atoms with Crippen LogP contribution in [0.15, 0.2) is 24.3 Å². The standard InChI is InChI=1S/C16H20FN3O3/c1-9(21)14-16(23)20-8-12(6-13(20)15(22)19-14)18-7-10-3-2-4-11(17)5-10/h2-5,9,12-14,18,21H,6-8H2,1H3,(H,19,22)/t9-,12-,13-,14+/m0/s1. The van der Waals surface area contributed by atoms with Gasteiger partial charge in [0.15, 0.2) is 0 Å². The van der Waals surface area contributed by atoms with Crippen molar-refractivity contribution in [2.75, 3.05) is 6.54 Å². The fourth-order valence-electron chi connectivity index (χ4n) is 3.20. The summed E-state index contributed by atoms with van der Waals surface area (Å²) in [5, 5.41) is 15.5. The molecule has 6 nitrogen and oxygen atoms in total. The van der Waals surface area contributed by atoms with E-state index in [1.54, 1.807) is 6.07 Å². The summed E-state index contributed by atoms with van der Waals surface area (Å²) in [6.45, 7) is 2.37. The van der Waals surface area contributed by atoms with Gasteiger partial charge in [-0.3, -0.25) is 9.59 Å². The number of benzene rings is 1. The van der Waals surface area contributed by atoms with Gasteiger partial charge >= 0.3 is 0 Å². The van der Waals surface area contributed by atoms with Gasteiger partial charge in [0.1, 0.15) is 17.9 Å². The number of carbonyl (C=O) groups excluding carboxylic acids is 2. The third-order valence-electron chi connectivity index (χ3n) is 4.42. The second kappa shape index (κ2) is 6.25. The van der Waals surface area contributed by atoms with Gasteiger partial charge in [0, 0.05) is 19.1 Å². The van der Waals surface area contributed by atoms with Gasteiger partial charge in [-0.25, -0.2) is 4.39 Å². The summed E-state index contributed by atoms with van der Waals surface area (Å²) in [7, 11) is 0. The number of amides is 2. The van der Waals surface area contributed by atoms with Crippen molar-refractivity contribution in [3.05, 3.63) is 35.6 Å². The van der Waals surface area contributed by atoms with Crippen molar-refractivity contribution >= 4 is 11.8 Å². The summed E-state index contributed by atoms with van der Waals surface area (Å²) < 4.78 is 13.2. The zero-order chi connectivity index (χ0) is 16.6. The first kappa shape index (κ1) is 15.9. The van der Waals surface area contributed by atoms with Crippen molar-refractivity contribution in [2.45, 2.75) is 44.1 Å². The van der Waals surface area contributed by atoms with Crippen LogP contribution in [-0.4, -0.2) is 52.6 Å². The highest BCUT2D eigenvalue weighted by Crippen LogP contribution is 2.24. The summed E-state index contributed by atoms with van der Waals surface area (Å²) in [5.74, 6) is -0.771. The number of nitrogens with zero attached hydrogens (tertiary/aromatic N) is 1. The predicted octanol–water partition coefficient (Wildman–Crippen LogP) is -0.236. The van der Waals surface area contributed by atoms with Crippen molar-refractivity contribution in [3.8, 4) is 0 Å². The zero-order valence-electron chi connectivity index (χ0n) is 12.8. The quantitative estimate of drug-likeness (QED) is 0.715. The molecule has 124 valence electrons. The molecule has 2 fully saturated rings. The summed E-state index contributed by atoms with van der Waals surface area (Å²) >= 11 is 0. The van der Waals surface area contributed by atoms with Crippen LogP contribution in [0.1, 0.15) is 18.9 Å². The topological polar surface area (TPSA) is 81.7 Å². The minimum Gasteiger partial charge on any atom is -0.391 e. The number of hydrogen-bond donors (Lipinski definition) is 3. The van der Waals surface area contributed by atoms with E-state index in [9.17, 15) is 19.1 Å². The van der Waals surface area contributed by atoms with Crippen molar-refractivity contribution in [1.29, 1.82) is 0 Å². The zero-order valence-corrected chi connectivity index (χ0v) is 12.8. The molecule has 2 aliphatic rings. The Morgan fingerprint density at radius 3 is 2.96 bits per heavy atom. The fraction of sp³-hybridized carbons (Fsp3) is 0.500. The van der Waals surface area contributed by atoms with E-state index in [2.05, 4.69) is 10.6 Å².